The Balaban J connectivity index is 2.43. The van der Waals surface area contributed by atoms with Gasteiger partial charge in [-0.1, -0.05) is 22.9 Å². The molecule has 0 bridgehead atoms. The van der Waals surface area contributed by atoms with Crippen molar-refractivity contribution in [3.8, 4) is 0 Å². The van der Waals surface area contributed by atoms with Gasteiger partial charge in [0.15, 0.2) is 0 Å². The predicted molar refractivity (Wildman–Crippen MR) is 66.4 cm³/mol. The van der Waals surface area contributed by atoms with Crippen molar-refractivity contribution in [3.05, 3.63) is 0 Å². The molecule has 2 amide bonds. The number of nitrogens with zero attached hydrogens (tertiary/aromatic N) is 1. The lowest BCUT2D eigenvalue weighted by Crippen LogP contribution is -2.44. The molecule has 0 radical (unpaired) electrons. The van der Waals surface area contributed by atoms with Gasteiger partial charge in [0.05, 0.1) is 4.83 Å². The van der Waals surface area contributed by atoms with Gasteiger partial charge < -0.3 is 10.2 Å². The van der Waals surface area contributed by atoms with Gasteiger partial charge in [0.1, 0.15) is 0 Å². The van der Waals surface area contributed by atoms with E-state index in [2.05, 4.69) is 21.2 Å². The zero-order valence-electron chi connectivity index (χ0n) is 9.83. The first-order valence-electron chi connectivity index (χ1n) is 5.74. The number of carbonyl (C=O) groups is 2. The smallest absolute Gasteiger partial charge is 0.236 e. The molecule has 0 aromatic heterocycles. The molecule has 1 saturated heterocycles. The highest BCUT2D eigenvalue weighted by Crippen LogP contribution is 2.19. The van der Waals surface area contributed by atoms with Crippen LogP contribution >= 0.6 is 15.9 Å². The quantitative estimate of drug-likeness (QED) is 0.793. The van der Waals surface area contributed by atoms with Crippen LogP contribution in [0.15, 0.2) is 0 Å². The van der Waals surface area contributed by atoms with Gasteiger partial charge in [0.25, 0.3) is 0 Å². The number of likely N-dealkylation sites (tertiary alicyclic amines) is 1. The molecule has 1 heterocycles. The fourth-order valence-corrected chi connectivity index (χ4v) is 2.23. The molecule has 4 nitrogen and oxygen atoms in total. The SMILES string of the molecule is CCC(Br)C(=O)N1CCC(C(=O)NC)CC1. The van der Waals surface area contributed by atoms with Crippen LogP contribution in [0, 0.1) is 5.92 Å². The van der Waals surface area contributed by atoms with Crippen molar-refractivity contribution in [2.45, 2.75) is 31.0 Å². The number of piperidine rings is 1. The molecule has 92 valence electrons. The number of nitrogens with one attached hydrogen (secondary N) is 1. The van der Waals surface area contributed by atoms with Crippen LogP contribution in [0.2, 0.25) is 0 Å². The van der Waals surface area contributed by atoms with E-state index >= 15 is 0 Å². The Kier molecular flexibility index (Phi) is 5.25. The van der Waals surface area contributed by atoms with Crippen molar-refractivity contribution in [3.63, 3.8) is 0 Å². The number of alkyl halides is 1. The van der Waals surface area contributed by atoms with Gasteiger partial charge >= 0.3 is 0 Å². The standard InChI is InChI=1S/C11H19BrN2O2/c1-3-9(12)11(16)14-6-4-8(5-7-14)10(15)13-2/h8-9H,3-7H2,1-2H3,(H,13,15). The summed E-state index contributed by atoms with van der Waals surface area (Å²) in [6, 6.07) is 0. The molecule has 16 heavy (non-hydrogen) atoms. The molecule has 0 aromatic rings. The second-order valence-electron chi connectivity index (χ2n) is 4.09. The van der Waals surface area contributed by atoms with E-state index in [1.165, 1.54) is 0 Å². The largest absolute Gasteiger partial charge is 0.359 e. The summed E-state index contributed by atoms with van der Waals surface area (Å²) in [5.41, 5.74) is 0. The fraction of sp³-hybridized carbons (Fsp3) is 0.818. The highest BCUT2D eigenvalue weighted by atomic mass is 79.9. The first kappa shape index (κ1) is 13.5. The first-order chi connectivity index (χ1) is 7.60. The van der Waals surface area contributed by atoms with E-state index < -0.39 is 0 Å². The third-order valence-electron chi connectivity index (χ3n) is 3.05. The van der Waals surface area contributed by atoms with Crippen LogP contribution in [-0.4, -0.2) is 41.7 Å². The highest BCUT2D eigenvalue weighted by Gasteiger charge is 2.28. The molecular formula is C11H19BrN2O2. The summed E-state index contributed by atoms with van der Waals surface area (Å²) in [6.07, 6.45) is 2.35. The average Bonchev–Trinajstić information content (AvgIpc) is 2.36. The van der Waals surface area contributed by atoms with Gasteiger partial charge in [-0.3, -0.25) is 9.59 Å². The zero-order chi connectivity index (χ0) is 12.1. The Hall–Kier alpha value is -0.580. The van der Waals surface area contributed by atoms with Gasteiger partial charge in [-0.05, 0) is 19.3 Å². The van der Waals surface area contributed by atoms with Crippen molar-refractivity contribution in [2.75, 3.05) is 20.1 Å². The molecule has 0 aliphatic carbocycles. The Labute approximate surface area is 105 Å². The monoisotopic (exact) mass is 290 g/mol. The fourth-order valence-electron chi connectivity index (χ4n) is 1.94. The van der Waals surface area contributed by atoms with E-state index in [9.17, 15) is 9.59 Å². The maximum Gasteiger partial charge on any atom is 0.236 e. The van der Waals surface area contributed by atoms with E-state index in [1.54, 1.807) is 7.05 Å². The topological polar surface area (TPSA) is 49.4 Å². The lowest BCUT2D eigenvalue weighted by atomic mass is 9.96. The lowest BCUT2D eigenvalue weighted by molar-refractivity contribution is -0.134. The molecule has 0 aromatic carbocycles. The van der Waals surface area contributed by atoms with Crippen LogP contribution in [0.1, 0.15) is 26.2 Å². The number of carbonyl (C=O) groups excluding carboxylic acids is 2. The van der Waals surface area contributed by atoms with Crippen LogP contribution in [0.5, 0.6) is 0 Å². The van der Waals surface area contributed by atoms with Crippen molar-refractivity contribution >= 4 is 27.7 Å². The number of halogens is 1. The number of rotatable bonds is 3. The zero-order valence-corrected chi connectivity index (χ0v) is 11.4. The summed E-state index contributed by atoms with van der Waals surface area (Å²) in [4.78, 5) is 25.0. The summed E-state index contributed by atoms with van der Waals surface area (Å²) in [5, 5.41) is 2.66. The molecule has 1 N–H and O–H groups in total. The summed E-state index contributed by atoms with van der Waals surface area (Å²) in [5.74, 6) is 0.320. The van der Waals surface area contributed by atoms with Gasteiger partial charge in [-0.2, -0.15) is 0 Å². The van der Waals surface area contributed by atoms with Gasteiger partial charge in [0, 0.05) is 26.1 Å². The molecule has 5 heteroatoms. The highest BCUT2D eigenvalue weighted by molar-refractivity contribution is 9.10. The van der Waals surface area contributed by atoms with Crippen LogP contribution in [0.3, 0.4) is 0 Å². The summed E-state index contributed by atoms with van der Waals surface area (Å²) in [7, 11) is 1.66. The van der Waals surface area contributed by atoms with E-state index in [-0.39, 0.29) is 22.6 Å². The Morgan fingerprint density at radius 2 is 2.00 bits per heavy atom. The third kappa shape index (κ3) is 3.20. The number of amides is 2. The predicted octanol–water partition coefficient (Wildman–Crippen LogP) is 1.14. The Morgan fingerprint density at radius 1 is 1.44 bits per heavy atom. The minimum atomic E-state index is -0.0796. The second-order valence-corrected chi connectivity index (χ2v) is 5.19. The normalized spacial score (nSPS) is 19.3. The molecule has 0 spiro atoms. The van der Waals surface area contributed by atoms with Crippen LogP contribution < -0.4 is 5.32 Å². The van der Waals surface area contributed by atoms with Crippen molar-refractivity contribution in [1.29, 1.82) is 0 Å². The minimum absolute atomic E-state index is 0.0736. The van der Waals surface area contributed by atoms with Crippen LogP contribution in [0.4, 0.5) is 0 Å². The molecule has 1 unspecified atom stereocenters. The maximum atomic E-state index is 11.9. The maximum absolute atomic E-state index is 11.9. The number of hydrogen-bond donors (Lipinski definition) is 1. The summed E-state index contributed by atoms with van der Waals surface area (Å²) in [6.45, 7) is 3.37. The Morgan fingerprint density at radius 3 is 2.44 bits per heavy atom. The molecule has 1 atom stereocenters. The van der Waals surface area contributed by atoms with E-state index in [1.807, 2.05) is 11.8 Å². The van der Waals surface area contributed by atoms with Gasteiger partial charge in [0.2, 0.25) is 11.8 Å². The van der Waals surface area contributed by atoms with Gasteiger partial charge in [-0.15, -0.1) is 0 Å². The van der Waals surface area contributed by atoms with E-state index in [0.717, 1.165) is 19.3 Å². The lowest BCUT2D eigenvalue weighted by Gasteiger charge is -2.32. The molecule has 1 aliphatic rings. The van der Waals surface area contributed by atoms with Gasteiger partial charge in [-0.25, -0.2) is 0 Å². The molecular weight excluding hydrogens is 272 g/mol. The van der Waals surface area contributed by atoms with Crippen molar-refractivity contribution < 1.29 is 9.59 Å². The molecule has 1 rings (SSSR count). The van der Waals surface area contributed by atoms with Crippen LogP contribution in [-0.2, 0) is 9.59 Å². The van der Waals surface area contributed by atoms with Crippen LogP contribution in [0.25, 0.3) is 0 Å². The number of hydrogen-bond acceptors (Lipinski definition) is 2. The van der Waals surface area contributed by atoms with Crippen molar-refractivity contribution in [2.24, 2.45) is 5.92 Å². The van der Waals surface area contributed by atoms with Crippen molar-refractivity contribution in [1.82, 2.24) is 10.2 Å². The van der Waals surface area contributed by atoms with E-state index in [0.29, 0.717) is 13.1 Å². The molecule has 0 saturated carbocycles. The average molecular weight is 291 g/mol. The second kappa shape index (κ2) is 6.23. The van der Waals surface area contributed by atoms with E-state index in [4.69, 9.17) is 0 Å². The Bertz CT molecular complexity index is 263. The first-order valence-corrected chi connectivity index (χ1v) is 6.66. The summed E-state index contributed by atoms with van der Waals surface area (Å²) < 4.78 is 0. The minimum Gasteiger partial charge on any atom is -0.359 e. The third-order valence-corrected chi connectivity index (χ3v) is 4.09. The molecule has 1 aliphatic heterocycles. The summed E-state index contributed by atoms with van der Waals surface area (Å²) >= 11 is 3.36. The molecule has 1 fully saturated rings.